The number of hydrogen-bond acceptors (Lipinski definition) is 4. The molecule has 1 aromatic rings. The largest absolute Gasteiger partial charge is 0.487 e. The van der Waals surface area contributed by atoms with E-state index < -0.39 is 13.2 Å². The van der Waals surface area contributed by atoms with Crippen molar-refractivity contribution in [1.29, 1.82) is 0 Å². The number of nitrogens with zero attached hydrogens (tertiary/aromatic N) is 1. The first-order valence-corrected chi connectivity index (χ1v) is 10.5. The molecule has 1 rings (SSSR count). The highest BCUT2D eigenvalue weighted by atomic mass is 35.5. The van der Waals surface area contributed by atoms with Crippen LogP contribution in [0.1, 0.15) is 27.2 Å². The molecule has 22 heavy (non-hydrogen) atoms. The van der Waals surface area contributed by atoms with E-state index in [-0.39, 0.29) is 16.5 Å². The first-order chi connectivity index (χ1) is 10.0. The van der Waals surface area contributed by atoms with E-state index in [4.69, 9.17) is 20.8 Å². The maximum Gasteiger partial charge on any atom is 0.312 e. The minimum absolute atomic E-state index is 0.113. The normalized spacial score (nSPS) is 12.3. The van der Waals surface area contributed by atoms with Gasteiger partial charge in [0, 0.05) is 24.1 Å². The average molecular weight is 346 g/mol. The van der Waals surface area contributed by atoms with E-state index >= 15 is 0 Å². The van der Waals surface area contributed by atoms with Crippen LogP contribution in [0.3, 0.4) is 0 Å². The van der Waals surface area contributed by atoms with E-state index in [0.29, 0.717) is 24.7 Å². The van der Waals surface area contributed by atoms with Crippen LogP contribution in [-0.4, -0.2) is 26.5 Å². The Morgan fingerprint density at radius 2 is 1.91 bits per heavy atom. The van der Waals surface area contributed by atoms with E-state index in [0.717, 1.165) is 0 Å². The van der Waals surface area contributed by atoms with E-state index in [1.807, 2.05) is 0 Å². The molecule has 7 heteroatoms. The van der Waals surface area contributed by atoms with Crippen molar-refractivity contribution < 1.29 is 14.1 Å². The summed E-state index contributed by atoms with van der Waals surface area (Å²) in [5.41, 5.74) is -0.113. The SMILES string of the molecule is CC(C)(C)[Si](C)(C)OCCCOc1ccc(Cl)cc1[N+](=O)[O-]. The van der Waals surface area contributed by atoms with Crippen LogP contribution in [0, 0.1) is 10.1 Å². The van der Waals surface area contributed by atoms with Crippen molar-refractivity contribution in [2.75, 3.05) is 13.2 Å². The first kappa shape index (κ1) is 18.9. The van der Waals surface area contributed by atoms with Gasteiger partial charge in [-0.3, -0.25) is 10.1 Å². The zero-order chi connectivity index (χ0) is 17.0. The van der Waals surface area contributed by atoms with Crippen molar-refractivity contribution >= 4 is 25.6 Å². The van der Waals surface area contributed by atoms with Crippen molar-refractivity contribution in [3.8, 4) is 5.75 Å². The molecule has 0 aliphatic heterocycles. The second-order valence-electron chi connectivity index (χ2n) is 6.68. The molecule has 0 spiro atoms. The summed E-state index contributed by atoms with van der Waals surface area (Å²) in [6.45, 7) is 11.9. The maximum absolute atomic E-state index is 11.0. The number of ether oxygens (including phenoxy) is 1. The van der Waals surface area contributed by atoms with Gasteiger partial charge in [0.2, 0.25) is 0 Å². The van der Waals surface area contributed by atoms with Gasteiger partial charge in [-0.05, 0) is 30.3 Å². The minimum atomic E-state index is -1.75. The third-order valence-electron chi connectivity index (χ3n) is 3.93. The molecule has 124 valence electrons. The van der Waals surface area contributed by atoms with Gasteiger partial charge in [-0.25, -0.2) is 0 Å². The van der Waals surface area contributed by atoms with Gasteiger partial charge in [-0.1, -0.05) is 32.4 Å². The number of hydrogen-bond donors (Lipinski definition) is 0. The molecule has 0 aliphatic rings. The Hall–Kier alpha value is -1.11. The molecule has 0 aromatic heterocycles. The second kappa shape index (κ2) is 7.44. The van der Waals surface area contributed by atoms with Crippen LogP contribution in [-0.2, 0) is 4.43 Å². The molecule has 0 aliphatic carbocycles. The standard InChI is InChI=1S/C15H24ClNO4Si/c1-15(2,3)22(4,5)21-10-6-9-20-14-8-7-12(16)11-13(14)17(18)19/h7-8,11H,6,9-10H2,1-5H3. The van der Waals surface area contributed by atoms with Crippen LogP contribution in [0.2, 0.25) is 23.2 Å². The highest BCUT2D eigenvalue weighted by Crippen LogP contribution is 2.36. The molecule has 1 aromatic carbocycles. The van der Waals surface area contributed by atoms with Gasteiger partial charge in [0.15, 0.2) is 14.1 Å². The van der Waals surface area contributed by atoms with Gasteiger partial charge in [0.1, 0.15) is 0 Å². The topological polar surface area (TPSA) is 61.6 Å². The lowest BCUT2D eigenvalue weighted by atomic mass is 10.2. The van der Waals surface area contributed by atoms with Gasteiger partial charge in [0.05, 0.1) is 11.5 Å². The molecule has 5 nitrogen and oxygen atoms in total. The lowest BCUT2D eigenvalue weighted by Gasteiger charge is -2.36. The predicted octanol–water partition coefficient (Wildman–Crippen LogP) is 5.04. The van der Waals surface area contributed by atoms with Crippen LogP contribution in [0.5, 0.6) is 5.75 Å². The van der Waals surface area contributed by atoms with Gasteiger partial charge in [-0.15, -0.1) is 0 Å². The summed E-state index contributed by atoms with van der Waals surface area (Å²) < 4.78 is 11.5. The van der Waals surface area contributed by atoms with E-state index in [2.05, 4.69) is 33.9 Å². The van der Waals surface area contributed by atoms with Crippen LogP contribution in [0.15, 0.2) is 18.2 Å². The van der Waals surface area contributed by atoms with E-state index in [1.165, 1.54) is 12.1 Å². The lowest BCUT2D eigenvalue weighted by Crippen LogP contribution is -2.41. The lowest BCUT2D eigenvalue weighted by molar-refractivity contribution is -0.385. The Kier molecular flexibility index (Phi) is 6.40. The second-order valence-corrected chi connectivity index (χ2v) is 11.9. The Balaban J connectivity index is 2.48. The molecular weight excluding hydrogens is 322 g/mol. The number of nitro groups is 1. The van der Waals surface area contributed by atoms with Gasteiger partial charge in [0.25, 0.3) is 0 Å². The van der Waals surface area contributed by atoms with Gasteiger partial charge >= 0.3 is 5.69 Å². The van der Waals surface area contributed by atoms with Crippen LogP contribution < -0.4 is 4.74 Å². The van der Waals surface area contributed by atoms with Crippen molar-refractivity contribution in [3.05, 3.63) is 33.3 Å². The van der Waals surface area contributed by atoms with E-state index in [9.17, 15) is 10.1 Å². The Morgan fingerprint density at radius 1 is 1.27 bits per heavy atom. The fraction of sp³-hybridized carbons (Fsp3) is 0.600. The molecule has 0 heterocycles. The van der Waals surface area contributed by atoms with Crippen molar-refractivity contribution in [3.63, 3.8) is 0 Å². The molecular formula is C15H24ClNO4Si. The quantitative estimate of drug-likeness (QED) is 0.300. The smallest absolute Gasteiger partial charge is 0.312 e. The third kappa shape index (κ3) is 5.26. The van der Waals surface area contributed by atoms with Crippen LogP contribution in [0.25, 0.3) is 0 Å². The molecule has 0 radical (unpaired) electrons. The van der Waals surface area contributed by atoms with Crippen molar-refractivity contribution in [2.24, 2.45) is 0 Å². The summed E-state index contributed by atoms with van der Waals surface area (Å²) in [5, 5.41) is 11.4. The molecule has 0 atom stereocenters. The highest BCUT2D eigenvalue weighted by Gasteiger charge is 2.36. The Labute approximate surface area is 137 Å². The Morgan fingerprint density at radius 3 is 2.45 bits per heavy atom. The summed E-state index contributed by atoms with van der Waals surface area (Å²) in [4.78, 5) is 10.5. The summed E-state index contributed by atoms with van der Waals surface area (Å²) in [6, 6.07) is 4.40. The molecule has 0 bridgehead atoms. The summed E-state index contributed by atoms with van der Waals surface area (Å²) in [6.07, 6.45) is 0.687. The predicted molar refractivity (Wildman–Crippen MR) is 91.4 cm³/mol. The number of nitro benzene ring substituents is 1. The minimum Gasteiger partial charge on any atom is -0.487 e. The Bertz CT molecular complexity index is 529. The monoisotopic (exact) mass is 345 g/mol. The van der Waals surface area contributed by atoms with E-state index in [1.54, 1.807) is 6.07 Å². The number of halogens is 1. The molecule has 0 saturated carbocycles. The van der Waals surface area contributed by atoms with Crippen LogP contribution in [0.4, 0.5) is 5.69 Å². The number of benzene rings is 1. The third-order valence-corrected chi connectivity index (χ3v) is 8.71. The zero-order valence-corrected chi connectivity index (χ0v) is 15.6. The molecule has 0 unspecified atom stereocenters. The fourth-order valence-electron chi connectivity index (χ4n) is 1.54. The van der Waals surface area contributed by atoms with Gasteiger partial charge < -0.3 is 9.16 Å². The maximum atomic E-state index is 11.0. The first-order valence-electron chi connectivity index (χ1n) is 7.25. The van der Waals surface area contributed by atoms with Gasteiger partial charge in [-0.2, -0.15) is 0 Å². The van der Waals surface area contributed by atoms with Crippen molar-refractivity contribution in [1.82, 2.24) is 0 Å². The molecule has 0 fully saturated rings. The van der Waals surface area contributed by atoms with Crippen LogP contribution >= 0.6 is 11.6 Å². The average Bonchev–Trinajstić information content (AvgIpc) is 2.38. The fourth-order valence-corrected chi connectivity index (χ4v) is 2.79. The molecule has 0 amide bonds. The zero-order valence-electron chi connectivity index (χ0n) is 13.8. The highest BCUT2D eigenvalue weighted by molar-refractivity contribution is 6.74. The van der Waals surface area contributed by atoms with Crippen molar-refractivity contribution in [2.45, 2.75) is 45.3 Å². The molecule has 0 N–H and O–H groups in total. The number of rotatable bonds is 7. The molecule has 0 saturated heterocycles. The summed E-state index contributed by atoms with van der Waals surface area (Å²) >= 11 is 5.76. The summed E-state index contributed by atoms with van der Waals surface area (Å²) in [7, 11) is -1.75. The summed E-state index contributed by atoms with van der Waals surface area (Å²) in [5.74, 6) is 0.238.